The number of nitrogens with one attached hydrogen (secondary N) is 2. The van der Waals surface area contributed by atoms with Crippen LogP contribution in [-0.2, 0) is 6.54 Å². The summed E-state index contributed by atoms with van der Waals surface area (Å²) in [5.74, 6) is 2.40. The van der Waals surface area contributed by atoms with Gasteiger partial charge >= 0.3 is 0 Å². The van der Waals surface area contributed by atoms with E-state index in [1.54, 1.807) is 0 Å². The van der Waals surface area contributed by atoms with Gasteiger partial charge in [-0.25, -0.2) is 4.99 Å². The number of aryl methyl sites for hydroxylation is 1. The number of guanidine groups is 1. The van der Waals surface area contributed by atoms with E-state index in [1.807, 2.05) is 0 Å². The number of rotatable bonds is 7. The van der Waals surface area contributed by atoms with Crippen molar-refractivity contribution in [1.29, 1.82) is 0 Å². The highest BCUT2D eigenvalue weighted by Gasteiger charge is 2.20. The Hall–Kier alpha value is -1.55. The van der Waals surface area contributed by atoms with Crippen LogP contribution >= 0.6 is 0 Å². The molecule has 1 unspecified atom stereocenters. The van der Waals surface area contributed by atoms with Gasteiger partial charge in [-0.05, 0) is 56.2 Å². The third-order valence-electron chi connectivity index (χ3n) is 4.80. The van der Waals surface area contributed by atoms with Crippen LogP contribution in [0, 0.1) is 18.8 Å². The molecule has 25 heavy (non-hydrogen) atoms. The highest BCUT2D eigenvalue weighted by atomic mass is 15.2. The Kier molecular flexibility index (Phi) is 8.26. The monoisotopic (exact) mass is 344 g/mol. The topological polar surface area (TPSA) is 39.7 Å². The molecule has 1 heterocycles. The fourth-order valence-electron chi connectivity index (χ4n) is 3.53. The number of piperidine rings is 1. The van der Waals surface area contributed by atoms with Crippen molar-refractivity contribution < 1.29 is 0 Å². The summed E-state index contributed by atoms with van der Waals surface area (Å²) >= 11 is 0. The van der Waals surface area contributed by atoms with Crippen molar-refractivity contribution in [3.63, 3.8) is 0 Å². The molecule has 0 amide bonds. The summed E-state index contributed by atoms with van der Waals surface area (Å²) in [5.41, 5.74) is 2.60. The first-order valence-corrected chi connectivity index (χ1v) is 9.87. The van der Waals surface area contributed by atoms with Gasteiger partial charge in [0.2, 0.25) is 0 Å². The molecule has 1 saturated heterocycles. The van der Waals surface area contributed by atoms with Crippen molar-refractivity contribution in [1.82, 2.24) is 15.5 Å². The fourth-order valence-corrected chi connectivity index (χ4v) is 3.53. The zero-order chi connectivity index (χ0) is 18.1. The number of likely N-dealkylation sites (tertiary alicyclic amines) is 1. The van der Waals surface area contributed by atoms with Crippen molar-refractivity contribution in [2.75, 3.05) is 32.7 Å². The lowest BCUT2D eigenvalue weighted by Gasteiger charge is -2.34. The summed E-state index contributed by atoms with van der Waals surface area (Å²) < 4.78 is 0. The van der Waals surface area contributed by atoms with E-state index in [0.29, 0.717) is 0 Å². The molecule has 2 rings (SSSR count). The molecule has 0 aliphatic carbocycles. The first-order valence-electron chi connectivity index (χ1n) is 9.87. The van der Waals surface area contributed by atoms with Gasteiger partial charge in [-0.1, -0.05) is 38.1 Å². The van der Waals surface area contributed by atoms with Crippen LogP contribution in [0.4, 0.5) is 0 Å². The molecule has 0 saturated carbocycles. The second-order valence-electron chi connectivity index (χ2n) is 7.66. The molecular formula is C21H36N4. The Labute approximate surface area is 154 Å². The first-order chi connectivity index (χ1) is 12.1. The molecule has 1 aliphatic rings. The van der Waals surface area contributed by atoms with Crippen molar-refractivity contribution in [2.45, 2.75) is 47.1 Å². The Bertz CT molecular complexity index is 538. The van der Waals surface area contributed by atoms with E-state index < -0.39 is 0 Å². The van der Waals surface area contributed by atoms with E-state index in [-0.39, 0.29) is 0 Å². The Balaban J connectivity index is 1.86. The molecule has 1 fully saturated rings. The maximum absolute atomic E-state index is 4.78. The average molecular weight is 345 g/mol. The fraction of sp³-hybridized carbons (Fsp3) is 0.667. The van der Waals surface area contributed by atoms with E-state index in [2.05, 4.69) is 67.5 Å². The lowest BCUT2D eigenvalue weighted by Crippen LogP contribution is -2.45. The summed E-state index contributed by atoms with van der Waals surface area (Å²) in [5, 5.41) is 6.95. The average Bonchev–Trinajstić information content (AvgIpc) is 2.58. The van der Waals surface area contributed by atoms with Crippen LogP contribution in [0.5, 0.6) is 0 Å². The maximum atomic E-state index is 4.78. The minimum atomic E-state index is 0.717. The standard InChI is InChI=1S/C21H36N4/c1-5-22-21(24-14-20-11-7-6-9-18(20)4)23-13-19-10-8-12-25(16-19)15-17(2)3/h6-7,9,11,17,19H,5,8,10,12-16H2,1-4H3,(H2,22,23,24). The third-order valence-corrected chi connectivity index (χ3v) is 4.80. The van der Waals surface area contributed by atoms with Crippen LogP contribution in [0.25, 0.3) is 0 Å². The summed E-state index contributed by atoms with van der Waals surface area (Å²) in [7, 11) is 0. The highest BCUT2D eigenvalue weighted by Crippen LogP contribution is 2.16. The van der Waals surface area contributed by atoms with Gasteiger partial charge in [0.15, 0.2) is 5.96 Å². The second kappa shape index (κ2) is 10.4. The zero-order valence-corrected chi connectivity index (χ0v) is 16.5. The molecule has 4 nitrogen and oxygen atoms in total. The molecule has 2 N–H and O–H groups in total. The van der Waals surface area contributed by atoms with Crippen LogP contribution < -0.4 is 10.6 Å². The van der Waals surface area contributed by atoms with Gasteiger partial charge in [-0.15, -0.1) is 0 Å². The molecule has 0 aromatic heterocycles. The SMILES string of the molecule is CCNC(=NCc1ccccc1C)NCC1CCCN(CC(C)C)C1. The van der Waals surface area contributed by atoms with Crippen LogP contribution in [-0.4, -0.2) is 43.6 Å². The van der Waals surface area contributed by atoms with Gasteiger partial charge in [0.1, 0.15) is 0 Å². The van der Waals surface area contributed by atoms with Crippen LogP contribution in [0.1, 0.15) is 44.7 Å². The Morgan fingerprint density at radius 2 is 2.08 bits per heavy atom. The number of hydrogen-bond donors (Lipinski definition) is 2. The van der Waals surface area contributed by atoms with Crippen LogP contribution in [0.3, 0.4) is 0 Å². The predicted octanol–water partition coefficient (Wildman–Crippen LogP) is 3.42. The highest BCUT2D eigenvalue weighted by molar-refractivity contribution is 5.79. The minimum Gasteiger partial charge on any atom is -0.357 e. The Morgan fingerprint density at radius 1 is 1.28 bits per heavy atom. The van der Waals surface area contributed by atoms with Gasteiger partial charge in [0, 0.05) is 26.2 Å². The summed E-state index contributed by atoms with van der Waals surface area (Å²) in [4.78, 5) is 7.40. The van der Waals surface area contributed by atoms with Crippen molar-refractivity contribution in [2.24, 2.45) is 16.8 Å². The van der Waals surface area contributed by atoms with Gasteiger partial charge < -0.3 is 15.5 Å². The lowest BCUT2D eigenvalue weighted by molar-refractivity contribution is 0.159. The van der Waals surface area contributed by atoms with Crippen molar-refractivity contribution in [3.8, 4) is 0 Å². The number of hydrogen-bond acceptors (Lipinski definition) is 2. The van der Waals surface area contributed by atoms with Gasteiger partial charge in [0.25, 0.3) is 0 Å². The van der Waals surface area contributed by atoms with E-state index in [1.165, 1.54) is 43.6 Å². The van der Waals surface area contributed by atoms with Gasteiger partial charge in [-0.2, -0.15) is 0 Å². The molecule has 1 atom stereocenters. The van der Waals surface area contributed by atoms with Gasteiger partial charge in [0.05, 0.1) is 6.54 Å². The number of benzene rings is 1. The maximum Gasteiger partial charge on any atom is 0.191 e. The van der Waals surface area contributed by atoms with Crippen LogP contribution in [0.2, 0.25) is 0 Å². The van der Waals surface area contributed by atoms with Crippen molar-refractivity contribution in [3.05, 3.63) is 35.4 Å². The second-order valence-corrected chi connectivity index (χ2v) is 7.66. The lowest BCUT2D eigenvalue weighted by atomic mass is 9.97. The molecule has 1 aromatic rings. The normalized spacial score (nSPS) is 19.2. The first kappa shape index (κ1) is 19.8. The molecule has 0 spiro atoms. The summed E-state index contributed by atoms with van der Waals surface area (Å²) in [6, 6.07) is 8.48. The molecule has 0 bridgehead atoms. The molecule has 140 valence electrons. The quantitative estimate of drug-likeness (QED) is 0.588. The molecule has 0 radical (unpaired) electrons. The van der Waals surface area contributed by atoms with E-state index in [0.717, 1.165) is 37.4 Å². The zero-order valence-electron chi connectivity index (χ0n) is 16.5. The number of aliphatic imine (C=N–C) groups is 1. The Morgan fingerprint density at radius 3 is 2.80 bits per heavy atom. The van der Waals surface area contributed by atoms with E-state index >= 15 is 0 Å². The molecule has 4 heteroatoms. The smallest absolute Gasteiger partial charge is 0.191 e. The summed E-state index contributed by atoms with van der Waals surface area (Å²) in [6.07, 6.45) is 2.63. The van der Waals surface area contributed by atoms with E-state index in [9.17, 15) is 0 Å². The van der Waals surface area contributed by atoms with Gasteiger partial charge in [-0.3, -0.25) is 0 Å². The molecule has 1 aromatic carbocycles. The largest absolute Gasteiger partial charge is 0.357 e. The molecular weight excluding hydrogens is 308 g/mol. The molecule has 1 aliphatic heterocycles. The minimum absolute atomic E-state index is 0.717. The predicted molar refractivity (Wildman–Crippen MR) is 108 cm³/mol. The summed E-state index contributed by atoms with van der Waals surface area (Å²) in [6.45, 7) is 15.2. The number of nitrogens with zero attached hydrogens (tertiary/aromatic N) is 2. The van der Waals surface area contributed by atoms with Crippen LogP contribution in [0.15, 0.2) is 29.3 Å². The van der Waals surface area contributed by atoms with Crippen molar-refractivity contribution >= 4 is 5.96 Å². The third kappa shape index (κ3) is 7.07. The van der Waals surface area contributed by atoms with E-state index in [4.69, 9.17) is 4.99 Å².